The lowest BCUT2D eigenvalue weighted by Crippen LogP contribution is -2.42. The molecule has 3 heteroatoms. The monoisotopic (exact) mass is 249 g/mol. The van der Waals surface area contributed by atoms with Crippen molar-refractivity contribution in [3.63, 3.8) is 0 Å². The summed E-state index contributed by atoms with van der Waals surface area (Å²) in [7, 11) is 2.02. The zero-order valence-corrected chi connectivity index (χ0v) is 11.5. The van der Waals surface area contributed by atoms with Crippen molar-refractivity contribution in [2.24, 2.45) is 0 Å². The van der Waals surface area contributed by atoms with Crippen molar-refractivity contribution in [3.8, 4) is 5.75 Å². The molecule has 0 aromatic heterocycles. The van der Waals surface area contributed by atoms with Gasteiger partial charge in [-0.1, -0.05) is 12.1 Å². The van der Waals surface area contributed by atoms with Gasteiger partial charge in [0, 0.05) is 12.6 Å². The van der Waals surface area contributed by atoms with Gasteiger partial charge in [-0.15, -0.1) is 0 Å². The largest absolute Gasteiger partial charge is 0.494 e. The van der Waals surface area contributed by atoms with Crippen LogP contribution in [0.15, 0.2) is 24.3 Å². The summed E-state index contributed by atoms with van der Waals surface area (Å²) in [6.45, 7) is 5.69. The summed E-state index contributed by atoms with van der Waals surface area (Å²) in [6.07, 6.45) is 2.10. The maximum Gasteiger partial charge on any atom is 0.119 e. The molecular weight excluding hydrogens is 226 g/mol. The molecule has 1 aromatic carbocycles. The second kappa shape index (κ2) is 5.72. The van der Waals surface area contributed by atoms with Gasteiger partial charge in [-0.25, -0.2) is 0 Å². The fraction of sp³-hybridized carbons (Fsp3) is 0.600. The molecule has 0 saturated carbocycles. The molecule has 1 aliphatic heterocycles. The van der Waals surface area contributed by atoms with Gasteiger partial charge >= 0.3 is 0 Å². The van der Waals surface area contributed by atoms with Gasteiger partial charge in [-0.3, -0.25) is 0 Å². The van der Waals surface area contributed by atoms with Crippen molar-refractivity contribution in [1.29, 1.82) is 0 Å². The summed E-state index contributed by atoms with van der Waals surface area (Å²) in [5.41, 5.74) is 1.04. The van der Waals surface area contributed by atoms with Gasteiger partial charge in [0.2, 0.25) is 0 Å². The van der Waals surface area contributed by atoms with Crippen LogP contribution in [0.1, 0.15) is 32.3 Å². The third-order valence-corrected chi connectivity index (χ3v) is 3.71. The Labute approximate surface area is 109 Å². The SMILES string of the molecule is CCOc1ccc(C2(C)CC(NC)CCO2)cc1. The van der Waals surface area contributed by atoms with Crippen molar-refractivity contribution >= 4 is 0 Å². The Morgan fingerprint density at radius 2 is 2.11 bits per heavy atom. The van der Waals surface area contributed by atoms with Gasteiger partial charge in [0.25, 0.3) is 0 Å². The van der Waals surface area contributed by atoms with E-state index in [0.717, 1.165) is 25.2 Å². The average Bonchev–Trinajstić information content (AvgIpc) is 2.40. The van der Waals surface area contributed by atoms with Gasteiger partial charge in [-0.05, 0) is 51.4 Å². The van der Waals surface area contributed by atoms with Crippen LogP contribution in [0.2, 0.25) is 0 Å². The number of benzene rings is 1. The first-order valence-electron chi connectivity index (χ1n) is 6.72. The second-order valence-electron chi connectivity index (χ2n) is 5.02. The van der Waals surface area contributed by atoms with E-state index in [2.05, 4.69) is 24.4 Å². The maximum atomic E-state index is 6.00. The van der Waals surface area contributed by atoms with E-state index in [1.807, 2.05) is 26.1 Å². The first kappa shape index (κ1) is 13.4. The maximum absolute atomic E-state index is 6.00. The Bertz CT molecular complexity index is 377. The molecule has 1 aromatic rings. The van der Waals surface area contributed by atoms with Gasteiger partial charge in [0.1, 0.15) is 5.75 Å². The topological polar surface area (TPSA) is 30.5 Å². The molecule has 1 fully saturated rings. The number of rotatable bonds is 4. The highest BCUT2D eigenvalue weighted by Crippen LogP contribution is 2.35. The predicted molar refractivity (Wildman–Crippen MR) is 73.0 cm³/mol. The Morgan fingerprint density at radius 1 is 1.39 bits per heavy atom. The third kappa shape index (κ3) is 2.85. The zero-order chi connectivity index (χ0) is 13.0. The minimum atomic E-state index is -0.184. The Kier molecular flexibility index (Phi) is 4.25. The Hall–Kier alpha value is -1.06. The molecule has 1 N–H and O–H groups in total. The average molecular weight is 249 g/mol. The van der Waals surface area contributed by atoms with E-state index < -0.39 is 0 Å². The molecule has 1 heterocycles. The molecule has 0 radical (unpaired) electrons. The van der Waals surface area contributed by atoms with Crippen molar-refractivity contribution in [2.75, 3.05) is 20.3 Å². The van der Waals surface area contributed by atoms with Crippen LogP contribution in [0.25, 0.3) is 0 Å². The summed E-state index contributed by atoms with van der Waals surface area (Å²) in [4.78, 5) is 0. The second-order valence-corrected chi connectivity index (χ2v) is 5.02. The van der Waals surface area contributed by atoms with E-state index in [0.29, 0.717) is 12.6 Å². The molecule has 1 aliphatic rings. The van der Waals surface area contributed by atoms with Crippen molar-refractivity contribution in [2.45, 2.75) is 38.3 Å². The van der Waals surface area contributed by atoms with Crippen LogP contribution in [-0.4, -0.2) is 26.3 Å². The highest BCUT2D eigenvalue weighted by atomic mass is 16.5. The molecule has 0 spiro atoms. The molecule has 1 saturated heterocycles. The van der Waals surface area contributed by atoms with Crippen LogP contribution in [0.3, 0.4) is 0 Å². The van der Waals surface area contributed by atoms with Crippen molar-refractivity contribution in [3.05, 3.63) is 29.8 Å². The number of nitrogens with one attached hydrogen (secondary N) is 1. The first-order chi connectivity index (χ1) is 8.68. The van der Waals surface area contributed by atoms with Crippen molar-refractivity contribution in [1.82, 2.24) is 5.32 Å². The van der Waals surface area contributed by atoms with E-state index in [4.69, 9.17) is 9.47 Å². The van der Waals surface area contributed by atoms with Crippen LogP contribution in [0.5, 0.6) is 5.75 Å². The third-order valence-electron chi connectivity index (χ3n) is 3.71. The van der Waals surface area contributed by atoms with Gasteiger partial charge in [0.15, 0.2) is 0 Å². The highest BCUT2D eigenvalue weighted by molar-refractivity contribution is 5.31. The van der Waals surface area contributed by atoms with Crippen LogP contribution in [0.4, 0.5) is 0 Å². The lowest BCUT2D eigenvalue weighted by Gasteiger charge is -2.38. The van der Waals surface area contributed by atoms with E-state index in [1.54, 1.807) is 0 Å². The molecule has 0 amide bonds. The summed E-state index contributed by atoms with van der Waals surface area (Å²) in [5, 5.41) is 3.36. The molecule has 3 nitrogen and oxygen atoms in total. The lowest BCUT2D eigenvalue weighted by molar-refractivity contribution is -0.0804. The molecule has 2 unspecified atom stereocenters. The molecular formula is C15H23NO2. The summed E-state index contributed by atoms with van der Waals surface area (Å²) >= 11 is 0. The van der Waals surface area contributed by atoms with Gasteiger partial charge in [-0.2, -0.15) is 0 Å². The lowest BCUT2D eigenvalue weighted by atomic mass is 9.86. The summed E-state index contributed by atoms with van der Waals surface area (Å²) in [6, 6.07) is 8.81. The Morgan fingerprint density at radius 3 is 2.72 bits per heavy atom. The van der Waals surface area contributed by atoms with Gasteiger partial charge < -0.3 is 14.8 Å². The van der Waals surface area contributed by atoms with E-state index in [-0.39, 0.29) is 5.60 Å². The van der Waals surface area contributed by atoms with E-state index in [9.17, 15) is 0 Å². The van der Waals surface area contributed by atoms with E-state index in [1.165, 1.54) is 5.56 Å². The summed E-state index contributed by atoms with van der Waals surface area (Å²) < 4.78 is 11.5. The number of hydrogen-bond donors (Lipinski definition) is 1. The number of ether oxygens (including phenoxy) is 2. The minimum absolute atomic E-state index is 0.184. The highest BCUT2D eigenvalue weighted by Gasteiger charge is 2.34. The van der Waals surface area contributed by atoms with Gasteiger partial charge in [0.05, 0.1) is 12.2 Å². The minimum Gasteiger partial charge on any atom is -0.494 e. The predicted octanol–water partition coefficient (Wildman–Crippen LogP) is 2.70. The fourth-order valence-corrected chi connectivity index (χ4v) is 2.58. The summed E-state index contributed by atoms with van der Waals surface area (Å²) in [5.74, 6) is 0.922. The van der Waals surface area contributed by atoms with Crippen LogP contribution in [0, 0.1) is 0 Å². The standard InChI is InChI=1S/C15H23NO2/c1-4-17-14-7-5-12(6-8-14)15(2)11-13(16-3)9-10-18-15/h5-8,13,16H,4,9-11H2,1-3H3. The molecule has 2 atom stereocenters. The van der Waals surface area contributed by atoms with Crippen LogP contribution >= 0.6 is 0 Å². The zero-order valence-electron chi connectivity index (χ0n) is 11.5. The normalized spacial score (nSPS) is 28.1. The van der Waals surface area contributed by atoms with Crippen LogP contribution < -0.4 is 10.1 Å². The fourth-order valence-electron chi connectivity index (χ4n) is 2.58. The molecule has 0 aliphatic carbocycles. The molecule has 0 bridgehead atoms. The van der Waals surface area contributed by atoms with Crippen molar-refractivity contribution < 1.29 is 9.47 Å². The smallest absolute Gasteiger partial charge is 0.119 e. The molecule has 18 heavy (non-hydrogen) atoms. The van der Waals surface area contributed by atoms with Crippen LogP contribution in [-0.2, 0) is 10.3 Å². The molecule has 2 rings (SSSR count). The quantitative estimate of drug-likeness (QED) is 0.890. The first-order valence-corrected chi connectivity index (χ1v) is 6.72. The van der Waals surface area contributed by atoms with E-state index >= 15 is 0 Å². The molecule has 100 valence electrons. The Balaban J connectivity index is 2.13. The number of hydrogen-bond acceptors (Lipinski definition) is 3.